The molecule has 2 N–H and O–H groups in total. The Labute approximate surface area is 112 Å². The molecular formula is C13H16ClN3O. The molecule has 1 heterocycles. The Bertz CT molecular complexity index is 487. The first-order valence-electron chi connectivity index (χ1n) is 5.80. The van der Waals surface area contributed by atoms with E-state index in [9.17, 15) is 4.79 Å². The van der Waals surface area contributed by atoms with Gasteiger partial charge in [0, 0.05) is 25.2 Å². The predicted octanol–water partition coefficient (Wildman–Crippen LogP) is 2.65. The highest BCUT2D eigenvalue weighted by Gasteiger charge is 2.30. The lowest BCUT2D eigenvalue weighted by atomic mass is 10.2. The second-order valence-electron chi connectivity index (χ2n) is 4.37. The van der Waals surface area contributed by atoms with Crippen LogP contribution in [-0.4, -0.2) is 30.6 Å². The van der Waals surface area contributed by atoms with E-state index in [0.717, 1.165) is 11.3 Å². The summed E-state index contributed by atoms with van der Waals surface area (Å²) in [5, 5.41) is 0. The van der Waals surface area contributed by atoms with Gasteiger partial charge in [-0.3, -0.25) is 4.90 Å². The van der Waals surface area contributed by atoms with E-state index < -0.39 is 0 Å². The molecule has 0 radical (unpaired) electrons. The van der Waals surface area contributed by atoms with Gasteiger partial charge in [0.1, 0.15) is 0 Å². The van der Waals surface area contributed by atoms with Crippen LogP contribution in [0.1, 0.15) is 6.92 Å². The van der Waals surface area contributed by atoms with Crippen molar-refractivity contribution < 1.29 is 4.79 Å². The summed E-state index contributed by atoms with van der Waals surface area (Å²) in [6.07, 6.45) is 0. The van der Waals surface area contributed by atoms with Crippen LogP contribution in [0.2, 0.25) is 0 Å². The lowest BCUT2D eigenvalue weighted by Gasteiger charge is -2.20. The first-order valence-corrected chi connectivity index (χ1v) is 6.24. The third-order valence-electron chi connectivity index (χ3n) is 2.95. The number of urea groups is 1. The molecule has 96 valence electrons. The van der Waals surface area contributed by atoms with Crippen LogP contribution in [0.15, 0.2) is 35.4 Å². The largest absolute Gasteiger partial charge is 0.397 e. The molecule has 0 aliphatic carbocycles. The third-order valence-corrected chi connectivity index (χ3v) is 3.32. The highest BCUT2D eigenvalue weighted by Crippen LogP contribution is 2.26. The van der Waals surface area contributed by atoms with Crippen LogP contribution >= 0.6 is 11.6 Å². The number of amides is 2. The number of para-hydroxylation sites is 2. The fraction of sp³-hybridized carbons (Fsp3) is 0.308. The molecule has 1 aliphatic rings. The minimum Gasteiger partial charge on any atom is -0.397 e. The lowest BCUT2D eigenvalue weighted by Crippen LogP contribution is -2.33. The van der Waals surface area contributed by atoms with E-state index in [1.165, 1.54) is 5.54 Å². The number of hydrogen-bond donors (Lipinski definition) is 1. The summed E-state index contributed by atoms with van der Waals surface area (Å²) in [7, 11) is 0. The fourth-order valence-corrected chi connectivity index (χ4v) is 2.09. The maximum atomic E-state index is 12.2. The number of nitrogens with two attached hydrogens (primary N) is 1. The molecule has 1 aromatic carbocycles. The number of carbonyl (C=O) groups is 1. The van der Waals surface area contributed by atoms with Crippen molar-refractivity contribution in [2.45, 2.75) is 6.92 Å². The smallest absolute Gasteiger partial charge is 0.324 e. The number of rotatable bonds is 3. The SMILES string of the molecule is C/C(=C/Cl)CN1CCN(c2ccccc2N)C1=O. The van der Waals surface area contributed by atoms with Crippen LogP contribution in [-0.2, 0) is 0 Å². The number of hydrogen-bond acceptors (Lipinski definition) is 2. The monoisotopic (exact) mass is 265 g/mol. The van der Waals surface area contributed by atoms with E-state index >= 15 is 0 Å². The molecule has 2 amide bonds. The quantitative estimate of drug-likeness (QED) is 0.854. The summed E-state index contributed by atoms with van der Waals surface area (Å²) in [4.78, 5) is 15.7. The van der Waals surface area contributed by atoms with Crippen molar-refractivity contribution in [3.05, 3.63) is 35.4 Å². The Balaban J connectivity index is 2.15. The van der Waals surface area contributed by atoms with E-state index in [2.05, 4.69) is 0 Å². The van der Waals surface area contributed by atoms with Gasteiger partial charge in [0.25, 0.3) is 0 Å². The molecule has 18 heavy (non-hydrogen) atoms. The summed E-state index contributed by atoms with van der Waals surface area (Å²) in [5.74, 6) is 0. The second-order valence-corrected chi connectivity index (χ2v) is 4.59. The van der Waals surface area contributed by atoms with Gasteiger partial charge in [-0.05, 0) is 24.6 Å². The zero-order chi connectivity index (χ0) is 13.1. The van der Waals surface area contributed by atoms with Crippen LogP contribution in [0.5, 0.6) is 0 Å². The number of nitrogen functional groups attached to an aromatic ring is 1. The second kappa shape index (κ2) is 5.31. The van der Waals surface area contributed by atoms with Crippen LogP contribution in [0, 0.1) is 0 Å². The third kappa shape index (κ3) is 2.43. The molecule has 0 aromatic heterocycles. The van der Waals surface area contributed by atoms with Gasteiger partial charge < -0.3 is 10.6 Å². The number of nitrogens with zero attached hydrogens (tertiary/aromatic N) is 2. The molecule has 1 fully saturated rings. The van der Waals surface area contributed by atoms with Crippen molar-refractivity contribution in [1.29, 1.82) is 0 Å². The van der Waals surface area contributed by atoms with Gasteiger partial charge in [-0.2, -0.15) is 0 Å². The standard InChI is InChI=1S/C13H16ClN3O/c1-10(8-14)9-16-6-7-17(13(16)18)12-5-3-2-4-11(12)15/h2-5,8H,6-7,9,15H2,1H3/b10-8-. The van der Waals surface area contributed by atoms with Gasteiger partial charge in [0.05, 0.1) is 11.4 Å². The number of halogens is 1. The molecule has 5 heteroatoms. The summed E-state index contributed by atoms with van der Waals surface area (Å²) in [6, 6.07) is 7.38. The molecule has 1 aliphatic heterocycles. The number of anilines is 2. The van der Waals surface area contributed by atoms with E-state index in [1.54, 1.807) is 15.9 Å². The first kappa shape index (κ1) is 12.8. The molecule has 0 saturated carbocycles. The molecular weight excluding hydrogens is 250 g/mol. The Morgan fingerprint density at radius 2 is 2.17 bits per heavy atom. The Hall–Kier alpha value is -1.68. The molecule has 0 unspecified atom stereocenters. The summed E-state index contributed by atoms with van der Waals surface area (Å²) in [6.45, 7) is 3.81. The van der Waals surface area contributed by atoms with Crippen molar-refractivity contribution in [1.82, 2.24) is 4.90 Å². The van der Waals surface area contributed by atoms with Crippen LogP contribution in [0.4, 0.5) is 16.2 Å². The zero-order valence-electron chi connectivity index (χ0n) is 10.3. The van der Waals surface area contributed by atoms with E-state index in [4.69, 9.17) is 17.3 Å². The van der Waals surface area contributed by atoms with Crippen LogP contribution < -0.4 is 10.6 Å². The van der Waals surface area contributed by atoms with Gasteiger partial charge in [0.15, 0.2) is 0 Å². The number of benzene rings is 1. The minimum absolute atomic E-state index is 0.0224. The van der Waals surface area contributed by atoms with Gasteiger partial charge in [-0.15, -0.1) is 0 Å². The minimum atomic E-state index is -0.0224. The highest BCUT2D eigenvalue weighted by atomic mass is 35.5. The van der Waals surface area contributed by atoms with Crippen molar-refractivity contribution in [2.75, 3.05) is 30.3 Å². The fourth-order valence-electron chi connectivity index (χ4n) is 2.02. The van der Waals surface area contributed by atoms with E-state index in [1.807, 2.05) is 25.1 Å². The highest BCUT2D eigenvalue weighted by molar-refractivity contribution is 6.25. The molecule has 0 bridgehead atoms. The maximum absolute atomic E-state index is 12.2. The maximum Gasteiger partial charge on any atom is 0.324 e. The van der Waals surface area contributed by atoms with Crippen LogP contribution in [0.25, 0.3) is 0 Å². The van der Waals surface area contributed by atoms with Crippen molar-refractivity contribution in [2.24, 2.45) is 0 Å². The molecule has 1 aromatic rings. The van der Waals surface area contributed by atoms with Gasteiger partial charge in [-0.25, -0.2) is 4.79 Å². The molecule has 1 saturated heterocycles. The van der Waals surface area contributed by atoms with E-state index in [0.29, 0.717) is 25.3 Å². The number of carbonyl (C=O) groups excluding carboxylic acids is 1. The van der Waals surface area contributed by atoms with E-state index in [-0.39, 0.29) is 6.03 Å². The molecule has 4 nitrogen and oxygen atoms in total. The Morgan fingerprint density at radius 3 is 2.83 bits per heavy atom. The van der Waals surface area contributed by atoms with Crippen LogP contribution in [0.3, 0.4) is 0 Å². The van der Waals surface area contributed by atoms with Gasteiger partial charge in [0.2, 0.25) is 0 Å². The summed E-state index contributed by atoms with van der Waals surface area (Å²) in [5.41, 5.74) is 9.76. The first-order chi connectivity index (χ1) is 8.63. The predicted molar refractivity (Wildman–Crippen MR) is 74.8 cm³/mol. The molecule has 2 rings (SSSR count). The normalized spacial score (nSPS) is 16.6. The molecule has 0 atom stereocenters. The zero-order valence-corrected chi connectivity index (χ0v) is 11.0. The summed E-state index contributed by atoms with van der Waals surface area (Å²) >= 11 is 5.62. The van der Waals surface area contributed by atoms with Crippen molar-refractivity contribution in [3.63, 3.8) is 0 Å². The Kier molecular flexibility index (Phi) is 3.77. The Morgan fingerprint density at radius 1 is 1.44 bits per heavy atom. The van der Waals surface area contributed by atoms with Crippen molar-refractivity contribution >= 4 is 29.0 Å². The summed E-state index contributed by atoms with van der Waals surface area (Å²) < 4.78 is 0. The van der Waals surface area contributed by atoms with Gasteiger partial charge in [-0.1, -0.05) is 23.7 Å². The van der Waals surface area contributed by atoms with Gasteiger partial charge >= 0.3 is 6.03 Å². The average molecular weight is 266 g/mol. The molecule has 0 spiro atoms. The topological polar surface area (TPSA) is 49.6 Å². The lowest BCUT2D eigenvalue weighted by molar-refractivity contribution is 0.224. The average Bonchev–Trinajstić information content (AvgIpc) is 2.72. The van der Waals surface area contributed by atoms with Crippen molar-refractivity contribution in [3.8, 4) is 0 Å².